The molecule has 1 aromatic heterocycles. The minimum absolute atomic E-state index is 0.0173. The van der Waals surface area contributed by atoms with E-state index >= 15 is 0 Å². The zero-order chi connectivity index (χ0) is 20.4. The van der Waals surface area contributed by atoms with E-state index in [1.807, 2.05) is 18.2 Å². The lowest BCUT2D eigenvalue weighted by atomic mass is 9.91. The first-order valence-corrected chi connectivity index (χ1v) is 9.88. The number of benzene rings is 2. The van der Waals surface area contributed by atoms with Crippen molar-refractivity contribution >= 4 is 22.6 Å². The maximum Gasteiger partial charge on any atom is 0.254 e. The molecule has 1 aliphatic carbocycles. The van der Waals surface area contributed by atoms with Crippen LogP contribution in [0.2, 0.25) is 0 Å². The van der Waals surface area contributed by atoms with Gasteiger partial charge in [-0.15, -0.1) is 0 Å². The summed E-state index contributed by atoms with van der Waals surface area (Å²) in [5.74, 6) is -1.16. The molecule has 1 heterocycles. The molecule has 1 fully saturated rings. The second-order valence-electron chi connectivity index (χ2n) is 7.63. The number of fused-ring (bicyclic) bond motifs is 1. The van der Waals surface area contributed by atoms with Crippen LogP contribution in [-0.4, -0.2) is 23.0 Å². The van der Waals surface area contributed by atoms with Crippen LogP contribution < -0.4 is 10.6 Å². The molecule has 6 heteroatoms. The van der Waals surface area contributed by atoms with Crippen LogP contribution in [0.1, 0.15) is 41.6 Å². The number of para-hydroxylation sites is 1. The summed E-state index contributed by atoms with van der Waals surface area (Å²) >= 11 is 0. The molecule has 2 aromatic carbocycles. The Balaban J connectivity index is 1.34. The van der Waals surface area contributed by atoms with Crippen LogP contribution in [0.3, 0.4) is 0 Å². The van der Waals surface area contributed by atoms with Crippen LogP contribution in [0.5, 0.6) is 0 Å². The van der Waals surface area contributed by atoms with Crippen molar-refractivity contribution in [1.29, 1.82) is 0 Å². The van der Waals surface area contributed by atoms with Gasteiger partial charge in [0.05, 0.1) is 11.1 Å². The molecule has 3 aromatic rings. The van der Waals surface area contributed by atoms with Crippen molar-refractivity contribution in [2.24, 2.45) is 0 Å². The van der Waals surface area contributed by atoms with Gasteiger partial charge in [0, 0.05) is 23.5 Å². The average molecular weight is 395 g/mol. The Morgan fingerprint density at radius 1 is 1.00 bits per heavy atom. The van der Waals surface area contributed by atoms with Crippen LogP contribution in [0.15, 0.2) is 48.5 Å². The van der Waals surface area contributed by atoms with Gasteiger partial charge in [-0.2, -0.15) is 0 Å². The number of aryl methyl sites for hydroxylation is 1. The number of carbonyl (C=O) groups is 1. The third-order valence-electron chi connectivity index (χ3n) is 5.51. The SMILES string of the molecule is Cc1cc(N[C@H]2CC[C@@H](NC(=O)c3ccc(F)cc3F)CC2)nc2ccccc12. The molecule has 0 bridgehead atoms. The summed E-state index contributed by atoms with van der Waals surface area (Å²) in [4.78, 5) is 17.0. The van der Waals surface area contributed by atoms with Gasteiger partial charge >= 0.3 is 0 Å². The smallest absolute Gasteiger partial charge is 0.254 e. The van der Waals surface area contributed by atoms with Crippen molar-refractivity contribution in [2.45, 2.75) is 44.7 Å². The Hall–Kier alpha value is -3.02. The first-order chi connectivity index (χ1) is 14.0. The minimum Gasteiger partial charge on any atom is -0.367 e. The molecule has 150 valence electrons. The van der Waals surface area contributed by atoms with Gasteiger partial charge < -0.3 is 10.6 Å². The summed E-state index contributed by atoms with van der Waals surface area (Å²) in [7, 11) is 0. The maximum absolute atomic E-state index is 13.8. The molecule has 1 amide bonds. The Morgan fingerprint density at radius 2 is 1.72 bits per heavy atom. The van der Waals surface area contributed by atoms with Crippen molar-refractivity contribution < 1.29 is 13.6 Å². The summed E-state index contributed by atoms with van der Waals surface area (Å²) < 4.78 is 26.8. The average Bonchev–Trinajstić information content (AvgIpc) is 2.69. The zero-order valence-corrected chi connectivity index (χ0v) is 16.2. The fourth-order valence-corrected chi connectivity index (χ4v) is 3.95. The largest absolute Gasteiger partial charge is 0.367 e. The first kappa shape index (κ1) is 19.3. The maximum atomic E-state index is 13.8. The Morgan fingerprint density at radius 3 is 2.48 bits per heavy atom. The Kier molecular flexibility index (Phi) is 5.43. The van der Waals surface area contributed by atoms with Crippen molar-refractivity contribution in [3.63, 3.8) is 0 Å². The molecule has 29 heavy (non-hydrogen) atoms. The summed E-state index contributed by atoms with van der Waals surface area (Å²) in [5, 5.41) is 7.53. The van der Waals surface area contributed by atoms with Crippen LogP contribution in [-0.2, 0) is 0 Å². The lowest BCUT2D eigenvalue weighted by molar-refractivity contribution is 0.0922. The first-order valence-electron chi connectivity index (χ1n) is 9.88. The predicted octanol–water partition coefficient (Wildman–Crippen LogP) is 4.97. The standard InChI is InChI=1S/C23H23F2N3O/c1-14-12-22(28-21-5-3-2-4-18(14)21)26-16-7-9-17(10-8-16)27-23(29)19-11-6-15(24)13-20(19)25/h2-6,11-13,16-17H,7-10H2,1H3,(H,26,28)(H,27,29)/t16-,17+. The number of rotatable bonds is 4. The topological polar surface area (TPSA) is 54.0 Å². The molecule has 0 aliphatic heterocycles. The van der Waals surface area contributed by atoms with E-state index in [1.54, 1.807) is 0 Å². The normalized spacial score (nSPS) is 19.1. The van der Waals surface area contributed by atoms with Gasteiger partial charge in [-0.05, 0) is 62.4 Å². The van der Waals surface area contributed by atoms with Gasteiger partial charge in [0.2, 0.25) is 0 Å². The van der Waals surface area contributed by atoms with E-state index in [0.29, 0.717) is 0 Å². The molecule has 0 unspecified atom stereocenters. The van der Waals surface area contributed by atoms with E-state index in [4.69, 9.17) is 4.98 Å². The number of carbonyl (C=O) groups excluding carboxylic acids is 1. The number of nitrogens with one attached hydrogen (secondary N) is 2. The molecule has 1 saturated carbocycles. The van der Waals surface area contributed by atoms with Gasteiger partial charge in [0.15, 0.2) is 0 Å². The number of hydrogen-bond acceptors (Lipinski definition) is 3. The number of aromatic nitrogens is 1. The molecule has 0 spiro atoms. The molecule has 0 atom stereocenters. The van der Waals surface area contributed by atoms with Crippen molar-refractivity contribution in [2.75, 3.05) is 5.32 Å². The van der Waals surface area contributed by atoms with Gasteiger partial charge in [0.1, 0.15) is 17.5 Å². The van der Waals surface area contributed by atoms with Gasteiger partial charge in [-0.3, -0.25) is 4.79 Å². The summed E-state index contributed by atoms with van der Waals surface area (Å²) in [6.45, 7) is 2.08. The molecular weight excluding hydrogens is 372 g/mol. The van der Waals surface area contributed by atoms with E-state index in [1.165, 1.54) is 11.6 Å². The van der Waals surface area contributed by atoms with Gasteiger partial charge in [0.25, 0.3) is 5.91 Å². The van der Waals surface area contributed by atoms with E-state index in [9.17, 15) is 13.6 Å². The monoisotopic (exact) mass is 395 g/mol. The van der Waals surface area contributed by atoms with E-state index in [0.717, 1.165) is 54.5 Å². The van der Waals surface area contributed by atoms with Crippen molar-refractivity contribution in [3.8, 4) is 0 Å². The second kappa shape index (κ2) is 8.15. The van der Waals surface area contributed by atoms with E-state index < -0.39 is 17.5 Å². The van der Waals surface area contributed by atoms with Crippen molar-refractivity contribution in [3.05, 3.63) is 71.3 Å². The van der Waals surface area contributed by atoms with Crippen LogP contribution >= 0.6 is 0 Å². The van der Waals surface area contributed by atoms with Crippen LogP contribution in [0, 0.1) is 18.6 Å². The summed E-state index contributed by atoms with van der Waals surface area (Å²) in [6, 6.07) is 13.4. The number of nitrogens with zero attached hydrogens (tertiary/aromatic N) is 1. The van der Waals surface area contributed by atoms with Gasteiger partial charge in [-0.1, -0.05) is 18.2 Å². The Labute approximate surface area is 168 Å². The molecule has 1 aliphatic rings. The summed E-state index contributed by atoms with van der Waals surface area (Å²) in [6.07, 6.45) is 3.34. The molecule has 2 N–H and O–H groups in total. The fourth-order valence-electron chi connectivity index (χ4n) is 3.95. The van der Waals surface area contributed by atoms with Gasteiger partial charge in [-0.25, -0.2) is 13.8 Å². The number of hydrogen-bond donors (Lipinski definition) is 2. The quantitative estimate of drug-likeness (QED) is 0.655. The highest BCUT2D eigenvalue weighted by molar-refractivity contribution is 5.94. The van der Waals surface area contributed by atoms with Crippen LogP contribution in [0.25, 0.3) is 10.9 Å². The van der Waals surface area contributed by atoms with E-state index in [-0.39, 0.29) is 17.6 Å². The molecule has 4 rings (SSSR count). The minimum atomic E-state index is -0.837. The van der Waals surface area contributed by atoms with Crippen molar-refractivity contribution in [1.82, 2.24) is 10.3 Å². The lowest BCUT2D eigenvalue weighted by Crippen LogP contribution is -2.40. The third-order valence-corrected chi connectivity index (χ3v) is 5.51. The number of halogens is 2. The second-order valence-corrected chi connectivity index (χ2v) is 7.63. The summed E-state index contributed by atoms with van der Waals surface area (Å²) in [5.41, 5.74) is 2.03. The number of pyridine rings is 1. The molecule has 0 saturated heterocycles. The molecular formula is C23H23F2N3O. The predicted molar refractivity (Wildman–Crippen MR) is 110 cm³/mol. The zero-order valence-electron chi connectivity index (χ0n) is 16.2. The molecule has 4 nitrogen and oxygen atoms in total. The highest BCUT2D eigenvalue weighted by atomic mass is 19.1. The number of amides is 1. The highest BCUT2D eigenvalue weighted by Gasteiger charge is 2.24. The number of anilines is 1. The molecule has 0 radical (unpaired) electrons. The van der Waals surface area contributed by atoms with Crippen LogP contribution in [0.4, 0.5) is 14.6 Å². The lowest BCUT2D eigenvalue weighted by Gasteiger charge is -2.30. The fraction of sp³-hybridized carbons (Fsp3) is 0.304. The Bertz CT molecular complexity index is 1050. The highest BCUT2D eigenvalue weighted by Crippen LogP contribution is 2.25. The third kappa shape index (κ3) is 4.36. The van der Waals surface area contributed by atoms with E-state index in [2.05, 4.69) is 29.7 Å².